The molecule has 7 nitrogen and oxygen atoms in total. The number of anilines is 2. The number of para-hydroxylation sites is 1. The van der Waals surface area contributed by atoms with E-state index < -0.39 is 11.6 Å². The molecule has 136 valence electrons. The Morgan fingerprint density at radius 1 is 1.04 bits per heavy atom. The molecule has 2 aromatic rings. The van der Waals surface area contributed by atoms with Gasteiger partial charge in [0.05, 0.1) is 0 Å². The number of benzene rings is 1. The zero-order valence-corrected chi connectivity index (χ0v) is 14.1. The van der Waals surface area contributed by atoms with Gasteiger partial charge in [-0.25, -0.2) is 18.7 Å². The highest BCUT2D eigenvalue weighted by Crippen LogP contribution is 2.22. The summed E-state index contributed by atoms with van der Waals surface area (Å²) in [6.07, 6.45) is 1.15. The number of piperazine rings is 1. The molecule has 0 radical (unpaired) electrons. The van der Waals surface area contributed by atoms with E-state index in [9.17, 15) is 18.4 Å². The number of rotatable bonds is 3. The van der Waals surface area contributed by atoms with Gasteiger partial charge in [-0.15, -0.1) is 0 Å². The Kier molecular flexibility index (Phi) is 5.06. The van der Waals surface area contributed by atoms with Gasteiger partial charge in [0.15, 0.2) is 0 Å². The van der Waals surface area contributed by atoms with E-state index in [-0.39, 0.29) is 29.0 Å². The van der Waals surface area contributed by atoms with Crippen LogP contribution in [-0.2, 0) is 4.79 Å². The lowest BCUT2D eigenvalue weighted by atomic mass is 10.2. The highest BCUT2D eigenvalue weighted by Gasteiger charge is 2.24. The first-order valence-corrected chi connectivity index (χ1v) is 8.03. The SMILES string of the molecule is CC(=O)N1CCN(C(=O)c2cc(Nc3c(F)cccc3F)ncn2)CC1. The van der Waals surface area contributed by atoms with Crippen LogP contribution in [-0.4, -0.2) is 57.8 Å². The summed E-state index contributed by atoms with van der Waals surface area (Å²) in [4.78, 5) is 35.0. The van der Waals surface area contributed by atoms with E-state index in [0.717, 1.165) is 18.5 Å². The lowest BCUT2D eigenvalue weighted by molar-refractivity contribution is -0.130. The van der Waals surface area contributed by atoms with Crippen molar-refractivity contribution in [3.8, 4) is 0 Å². The van der Waals surface area contributed by atoms with Crippen molar-refractivity contribution in [3.05, 3.63) is 47.9 Å². The molecule has 0 spiro atoms. The second-order valence-corrected chi connectivity index (χ2v) is 5.81. The van der Waals surface area contributed by atoms with E-state index in [1.54, 1.807) is 9.80 Å². The van der Waals surface area contributed by atoms with Gasteiger partial charge >= 0.3 is 0 Å². The van der Waals surface area contributed by atoms with Gasteiger partial charge in [-0.2, -0.15) is 0 Å². The van der Waals surface area contributed by atoms with E-state index in [1.165, 1.54) is 19.1 Å². The van der Waals surface area contributed by atoms with E-state index in [0.29, 0.717) is 26.2 Å². The van der Waals surface area contributed by atoms with E-state index >= 15 is 0 Å². The fourth-order valence-electron chi connectivity index (χ4n) is 2.67. The molecule has 1 saturated heterocycles. The van der Waals surface area contributed by atoms with E-state index in [1.807, 2.05) is 0 Å². The van der Waals surface area contributed by atoms with Crippen LogP contribution in [0.3, 0.4) is 0 Å². The normalized spacial score (nSPS) is 14.3. The summed E-state index contributed by atoms with van der Waals surface area (Å²) in [7, 11) is 0. The third kappa shape index (κ3) is 3.76. The van der Waals surface area contributed by atoms with Crippen LogP contribution in [0.1, 0.15) is 17.4 Å². The molecule has 1 N–H and O–H groups in total. The molecule has 1 fully saturated rings. The number of hydrogen-bond donors (Lipinski definition) is 1. The van der Waals surface area contributed by atoms with Gasteiger partial charge in [-0.1, -0.05) is 6.07 Å². The molecule has 9 heteroatoms. The molecule has 26 heavy (non-hydrogen) atoms. The van der Waals surface area contributed by atoms with Gasteiger partial charge in [0.2, 0.25) is 5.91 Å². The smallest absolute Gasteiger partial charge is 0.272 e. The van der Waals surface area contributed by atoms with Gasteiger partial charge < -0.3 is 15.1 Å². The van der Waals surface area contributed by atoms with Crippen LogP contribution in [0.2, 0.25) is 0 Å². The highest BCUT2D eigenvalue weighted by atomic mass is 19.1. The van der Waals surface area contributed by atoms with Crippen molar-refractivity contribution in [1.82, 2.24) is 19.8 Å². The quantitative estimate of drug-likeness (QED) is 0.902. The number of amides is 2. The number of aromatic nitrogens is 2. The Bertz CT molecular complexity index is 817. The second-order valence-electron chi connectivity index (χ2n) is 5.81. The maximum Gasteiger partial charge on any atom is 0.272 e. The molecule has 1 aliphatic heterocycles. The maximum absolute atomic E-state index is 13.7. The fourth-order valence-corrected chi connectivity index (χ4v) is 2.67. The van der Waals surface area contributed by atoms with Gasteiger partial charge in [0.1, 0.15) is 35.2 Å². The van der Waals surface area contributed by atoms with E-state index in [2.05, 4.69) is 15.3 Å². The monoisotopic (exact) mass is 361 g/mol. The lowest BCUT2D eigenvalue weighted by Gasteiger charge is -2.34. The molecular formula is C17H17F2N5O2. The number of carbonyl (C=O) groups excluding carboxylic acids is 2. The van der Waals surface area contributed by atoms with Gasteiger partial charge in [-0.05, 0) is 12.1 Å². The zero-order chi connectivity index (χ0) is 18.7. The molecule has 0 atom stereocenters. The molecule has 1 aliphatic rings. The molecule has 1 aromatic carbocycles. The fraction of sp³-hybridized carbons (Fsp3) is 0.294. The van der Waals surface area contributed by atoms with Crippen LogP contribution in [0.4, 0.5) is 20.3 Å². The topological polar surface area (TPSA) is 78.4 Å². The minimum Gasteiger partial charge on any atom is -0.339 e. The van der Waals surface area contributed by atoms with Crippen LogP contribution >= 0.6 is 0 Å². The Labute approximate surface area is 148 Å². The first kappa shape index (κ1) is 17.7. The Hall–Kier alpha value is -3.10. The van der Waals surface area contributed by atoms with Crippen molar-refractivity contribution in [2.24, 2.45) is 0 Å². The molecule has 3 rings (SSSR count). The molecule has 0 aliphatic carbocycles. The third-order valence-electron chi connectivity index (χ3n) is 4.11. The van der Waals surface area contributed by atoms with Crippen molar-refractivity contribution in [2.75, 3.05) is 31.5 Å². The minimum atomic E-state index is -0.767. The minimum absolute atomic E-state index is 0.0301. The summed E-state index contributed by atoms with van der Waals surface area (Å²) in [6, 6.07) is 4.83. The predicted octanol–water partition coefficient (Wildman–Crippen LogP) is 1.80. The molecule has 2 heterocycles. The van der Waals surface area contributed by atoms with Crippen molar-refractivity contribution < 1.29 is 18.4 Å². The summed E-state index contributed by atoms with van der Waals surface area (Å²) in [5, 5.41) is 2.54. The largest absolute Gasteiger partial charge is 0.339 e. The number of carbonyl (C=O) groups is 2. The van der Waals surface area contributed by atoms with Gasteiger partial charge in [0.25, 0.3) is 5.91 Å². The third-order valence-corrected chi connectivity index (χ3v) is 4.11. The van der Waals surface area contributed by atoms with Crippen LogP contribution in [0.25, 0.3) is 0 Å². The summed E-state index contributed by atoms with van der Waals surface area (Å²) < 4.78 is 27.5. The average Bonchev–Trinajstić information content (AvgIpc) is 2.64. The first-order valence-electron chi connectivity index (χ1n) is 8.03. The Morgan fingerprint density at radius 3 is 2.27 bits per heavy atom. The molecule has 0 unspecified atom stereocenters. The summed E-state index contributed by atoms with van der Waals surface area (Å²) >= 11 is 0. The van der Waals surface area contributed by atoms with Gasteiger partial charge in [-0.3, -0.25) is 9.59 Å². The zero-order valence-electron chi connectivity index (χ0n) is 14.1. The number of nitrogens with one attached hydrogen (secondary N) is 1. The number of hydrogen-bond acceptors (Lipinski definition) is 5. The Balaban J connectivity index is 1.73. The van der Waals surface area contributed by atoms with Gasteiger partial charge in [0, 0.05) is 39.2 Å². The number of halogens is 2. The summed E-state index contributed by atoms with van der Waals surface area (Å²) in [5.74, 6) is -1.78. The highest BCUT2D eigenvalue weighted by molar-refractivity contribution is 5.93. The first-order chi connectivity index (χ1) is 12.5. The number of nitrogens with zero attached hydrogens (tertiary/aromatic N) is 4. The predicted molar refractivity (Wildman–Crippen MR) is 89.8 cm³/mol. The standard InChI is InChI=1S/C17H17F2N5O2/c1-11(25)23-5-7-24(8-6-23)17(26)14-9-15(21-10-20-14)22-16-12(18)3-2-4-13(16)19/h2-4,9-10H,5-8H2,1H3,(H,20,21,22). The van der Waals surface area contributed by atoms with Crippen LogP contribution in [0.5, 0.6) is 0 Å². The molecule has 0 saturated carbocycles. The second kappa shape index (κ2) is 7.42. The van der Waals surface area contributed by atoms with E-state index in [4.69, 9.17) is 0 Å². The Morgan fingerprint density at radius 2 is 1.65 bits per heavy atom. The van der Waals surface area contributed by atoms with Crippen molar-refractivity contribution >= 4 is 23.3 Å². The van der Waals surface area contributed by atoms with Crippen LogP contribution in [0, 0.1) is 11.6 Å². The molecule has 1 aromatic heterocycles. The maximum atomic E-state index is 13.7. The van der Waals surface area contributed by atoms with Crippen molar-refractivity contribution in [3.63, 3.8) is 0 Å². The summed E-state index contributed by atoms with van der Waals surface area (Å²) in [6.45, 7) is 3.19. The summed E-state index contributed by atoms with van der Waals surface area (Å²) in [5.41, 5.74) is -0.241. The molecular weight excluding hydrogens is 344 g/mol. The van der Waals surface area contributed by atoms with Crippen molar-refractivity contribution in [2.45, 2.75) is 6.92 Å². The van der Waals surface area contributed by atoms with Crippen LogP contribution < -0.4 is 5.32 Å². The average molecular weight is 361 g/mol. The molecule has 0 bridgehead atoms. The van der Waals surface area contributed by atoms with Crippen LogP contribution in [0.15, 0.2) is 30.6 Å². The molecule has 2 amide bonds. The van der Waals surface area contributed by atoms with Crippen molar-refractivity contribution in [1.29, 1.82) is 0 Å². The lowest BCUT2D eigenvalue weighted by Crippen LogP contribution is -2.50.